The van der Waals surface area contributed by atoms with Crippen molar-refractivity contribution in [3.05, 3.63) is 58.2 Å². The van der Waals surface area contributed by atoms with E-state index in [-0.39, 0.29) is 18.0 Å². The summed E-state index contributed by atoms with van der Waals surface area (Å²) >= 11 is 1.41. The normalized spacial score (nSPS) is 10.7. The topological polar surface area (TPSA) is 76.9 Å². The number of amides is 1. The van der Waals surface area contributed by atoms with Crippen molar-refractivity contribution < 1.29 is 4.79 Å². The minimum Gasteiger partial charge on any atom is -0.354 e. The van der Waals surface area contributed by atoms with Crippen molar-refractivity contribution >= 4 is 27.5 Å². The molecule has 0 spiro atoms. The number of nitrogens with zero attached hydrogens (tertiary/aromatic N) is 3. The molecular formula is C15H14N4O2S. The van der Waals surface area contributed by atoms with E-state index in [1.807, 2.05) is 23.6 Å². The maximum Gasteiger partial charge on any atom is 0.262 e. The van der Waals surface area contributed by atoms with Gasteiger partial charge in [0.25, 0.3) is 5.56 Å². The van der Waals surface area contributed by atoms with Gasteiger partial charge in [-0.05, 0) is 23.6 Å². The Balaban J connectivity index is 1.59. The predicted molar refractivity (Wildman–Crippen MR) is 84.8 cm³/mol. The van der Waals surface area contributed by atoms with Crippen LogP contribution in [-0.2, 0) is 17.8 Å². The highest BCUT2D eigenvalue weighted by molar-refractivity contribution is 7.16. The van der Waals surface area contributed by atoms with Gasteiger partial charge in [-0.3, -0.25) is 19.1 Å². The number of carbonyl (C=O) groups is 1. The van der Waals surface area contributed by atoms with Gasteiger partial charge in [0.05, 0.1) is 11.7 Å². The summed E-state index contributed by atoms with van der Waals surface area (Å²) < 4.78 is 1.32. The highest BCUT2D eigenvalue weighted by Gasteiger charge is 2.08. The van der Waals surface area contributed by atoms with Crippen LogP contribution < -0.4 is 10.9 Å². The van der Waals surface area contributed by atoms with Crippen molar-refractivity contribution in [2.75, 3.05) is 6.54 Å². The van der Waals surface area contributed by atoms with E-state index in [9.17, 15) is 9.59 Å². The molecule has 0 aliphatic carbocycles. The Bertz CT molecular complexity index is 841. The number of carbonyl (C=O) groups excluding carboxylic acids is 1. The Morgan fingerprint density at radius 3 is 3.00 bits per heavy atom. The zero-order chi connectivity index (χ0) is 15.4. The summed E-state index contributed by atoms with van der Waals surface area (Å²) in [5, 5.41) is 5.15. The fourth-order valence-electron chi connectivity index (χ4n) is 2.09. The highest BCUT2D eigenvalue weighted by Crippen LogP contribution is 2.13. The van der Waals surface area contributed by atoms with E-state index in [1.165, 1.54) is 22.2 Å². The average molecular weight is 314 g/mol. The number of fused-ring (bicyclic) bond motifs is 1. The summed E-state index contributed by atoms with van der Waals surface area (Å²) in [6.45, 7) is 0.457. The molecule has 112 valence electrons. The summed E-state index contributed by atoms with van der Waals surface area (Å²) in [6.07, 6.45) is 3.79. The first-order chi connectivity index (χ1) is 10.7. The largest absolute Gasteiger partial charge is 0.354 e. The van der Waals surface area contributed by atoms with E-state index in [0.29, 0.717) is 23.2 Å². The molecule has 0 saturated carbocycles. The van der Waals surface area contributed by atoms with Crippen molar-refractivity contribution in [2.24, 2.45) is 0 Å². The van der Waals surface area contributed by atoms with Gasteiger partial charge in [-0.1, -0.05) is 6.07 Å². The second-order valence-corrected chi connectivity index (χ2v) is 5.63. The predicted octanol–water partition coefficient (Wildman–Crippen LogP) is 1.21. The van der Waals surface area contributed by atoms with Crippen LogP contribution in [0.2, 0.25) is 0 Å². The van der Waals surface area contributed by atoms with Gasteiger partial charge in [0.1, 0.15) is 11.4 Å². The van der Waals surface area contributed by atoms with Gasteiger partial charge in [-0.15, -0.1) is 11.3 Å². The standard InChI is InChI=1S/C15H14N4O2S/c20-13(17-7-4-11-3-1-2-6-16-11)9-19-10-18-14-12(15(19)21)5-8-22-14/h1-3,5-6,8,10H,4,7,9H2,(H,17,20). The van der Waals surface area contributed by atoms with Gasteiger partial charge in [-0.2, -0.15) is 0 Å². The number of aromatic nitrogens is 3. The Morgan fingerprint density at radius 1 is 1.27 bits per heavy atom. The molecule has 22 heavy (non-hydrogen) atoms. The zero-order valence-corrected chi connectivity index (χ0v) is 12.5. The molecule has 0 fully saturated rings. The van der Waals surface area contributed by atoms with Crippen molar-refractivity contribution in [2.45, 2.75) is 13.0 Å². The minimum atomic E-state index is -0.214. The monoisotopic (exact) mass is 314 g/mol. The van der Waals surface area contributed by atoms with E-state index in [4.69, 9.17) is 0 Å². The van der Waals surface area contributed by atoms with E-state index in [1.54, 1.807) is 12.3 Å². The molecule has 0 aliphatic heterocycles. The van der Waals surface area contributed by atoms with Crippen LogP contribution in [0.1, 0.15) is 5.69 Å². The maximum atomic E-state index is 12.2. The van der Waals surface area contributed by atoms with Crippen LogP contribution in [0.15, 0.2) is 47.0 Å². The van der Waals surface area contributed by atoms with Crippen molar-refractivity contribution in [1.82, 2.24) is 19.9 Å². The molecule has 0 saturated heterocycles. The van der Waals surface area contributed by atoms with Crippen LogP contribution in [-0.4, -0.2) is 27.0 Å². The Kier molecular flexibility index (Phi) is 4.24. The smallest absolute Gasteiger partial charge is 0.262 e. The quantitative estimate of drug-likeness (QED) is 0.768. The molecule has 3 heterocycles. The lowest BCUT2D eigenvalue weighted by Crippen LogP contribution is -2.33. The molecule has 6 nitrogen and oxygen atoms in total. The first-order valence-corrected chi connectivity index (χ1v) is 7.71. The number of thiophene rings is 1. The second kappa shape index (κ2) is 6.48. The lowest BCUT2D eigenvalue weighted by atomic mass is 10.3. The lowest BCUT2D eigenvalue weighted by molar-refractivity contribution is -0.121. The first kappa shape index (κ1) is 14.4. The van der Waals surface area contributed by atoms with Crippen LogP contribution in [0.25, 0.3) is 10.2 Å². The minimum absolute atomic E-state index is 0.0279. The molecule has 0 radical (unpaired) electrons. The summed E-state index contributed by atoms with van der Waals surface area (Å²) in [5.74, 6) is -0.214. The van der Waals surface area contributed by atoms with Crippen LogP contribution >= 0.6 is 11.3 Å². The summed E-state index contributed by atoms with van der Waals surface area (Å²) in [7, 11) is 0. The number of nitrogens with one attached hydrogen (secondary N) is 1. The number of rotatable bonds is 5. The fraction of sp³-hybridized carbons (Fsp3) is 0.200. The summed E-state index contributed by atoms with van der Waals surface area (Å²) in [6, 6.07) is 7.39. The second-order valence-electron chi connectivity index (χ2n) is 4.74. The third-order valence-corrected chi connectivity index (χ3v) is 4.01. The van der Waals surface area contributed by atoms with Gasteiger partial charge >= 0.3 is 0 Å². The Morgan fingerprint density at radius 2 is 2.18 bits per heavy atom. The van der Waals surface area contributed by atoms with Crippen molar-refractivity contribution in [1.29, 1.82) is 0 Å². The van der Waals surface area contributed by atoms with Gasteiger partial charge in [-0.25, -0.2) is 4.98 Å². The molecule has 1 N–H and O–H groups in total. The first-order valence-electron chi connectivity index (χ1n) is 6.83. The third-order valence-electron chi connectivity index (χ3n) is 3.19. The molecule has 0 aliphatic rings. The molecule has 0 aromatic carbocycles. The summed E-state index contributed by atoms with van der Waals surface area (Å²) in [5.41, 5.74) is 0.729. The molecular weight excluding hydrogens is 300 g/mol. The number of hydrogen-bond donors (Lipinski definition) is 1. The van der Waals surface area contributed by atoms with E-state index < -0.39 is 0 Å². The average Bonchev–Trinajstić information content (AvgIpc) is 3.01. The van der Waals surface area contributed by atoms with Gasteiger partial charge in [0.15, 0.2) is 0 Å². The molecule has 0 atom stereocenters. The Hall–Kier alpha value is -2.54. The van der Waals surface area contributed by atoms with E-state index in [2.05, 4.69) is 15.3 Å². The maximum absolute atomic E-state index is 12.2. The van der Waals surface area contributed by atoms with Crippen LogP contribution in [0.5, 0.6) is 0 Å². The molecule has 3 aromatic rings. The molecule has 3 aromatic heterocycles. The molecule has 7 heteroatoms. The molecule has 0 bridgehead atoms. The molecule has 1 amide bonds. The Labute approximate surface area is 130 Å². The lowest BCUT2D eigenvalue weighted by Gasteiger charge is -2.07. The van der Waals surface area contributed by atoms with Gasteiger partial charge < -0.3 is 5.32 Å². The molecule has 0 unspecified atom stereocenters. The van der Waals surface area contributed by atoms with Crippen LogP contribution in [0.4, 0.5) is 0 Å². The summed E-state index contributed by atoms with van der Waals surface area (Å²) in [4.78, 5) is 33.1. The zero-order valence-electron chi connectivity index (χ0n) is 11.7. The van der Waals surface area contributed by atoms with Gasteiger partial charge in [0.2, 0.25) is 5.91 Å². The van der Waals surface area contributed by atoms with Crippen molar-refractivity contribution in [3.8, 4) is 0 Å². The third kappa shape index (κ3) is 3.20. The van der Waals surface area contributed by atoms with Gasteiger partial charge in [0, 0.05) is 24.9 Å². The van der Waals surface area contributed by atoms with Crippen molar-refractivity contribution in [3.63, 3.8) is 0 Å². The number of pyridine rings is 1. The van der Waals surface area contributed by atoms with Crippen LogP contribution in [0.3, 0.4) is 0 Å². The highest BCUT2D eigenvalue weighted by atomic mass is 32.1. The molecule has 3 rings (SSSR count). The fourth-order valence-corrected chi connectivity index (χ4v) is 2.82. The number of hydrogen-bond acceptors (Lipinski definition) is 5. The van der Waals surface area contributed by atoms with Crippen LogP contribution in [0, 0.1) is 0 Å². The SMILES string of the molecule is O=C(Cn1cnc2sccc2c1=O)NCCc1ccccn1. The van der Waals surface area contributed by atoms with E-state index >= 15 is 0 Å². The van der Waals surface area contributed by atoms with E-state index in [0.717, 1.165) is 5.69 Å².